The number of nitrogens with one attached hydrogen (secondary N) is 1. The van der Waals surface area contributed by atoms with Crippen molar-refractivity contribution in [1.82, 2.24) is 4.90 Å². The molecule has 0 radical (unpaired) electrons. The van der Waals surface area contributed by atoms with Gasteiger partial charge in [0.05, 0.1) is 23.0 Å². The first-order valence-electron chi connectivity index (χ1n) is 7.26. The van der Waals surface area contributed by atoms with E-state index < -0.39 is 30.9 Å². The smallest absolute Gasteiger partial charge is 0.379 e. The van der Waals surface area contributed by atoms with Crippen molar-refractivity contribution in [2.45, 2.75) is 10.4 Å². The van der Waals surface area contributed by atoms with E-state index in [-0.39, 0.29) is 5.69 Å². The van der Waals surface area contributed by atoms with Crippen molar-refractivity contribution in [2.24, 2.45) is 0 Å². The number of ether oxygens (including phenoxy) is 1. The zero-order valence-electron chi connectivity index (χ0n) is 13.0. The predicted molar refractivity (Wildman–Crippen MR) is 82.1 cm³/mol. The van der Waals surface area contributed by atoms with Crippen LogP contribution in [0.15, 0.2) is 23.1 Å². The van der Waals surface area contributed by atoms with Crippen molar-refractivity contribution in [3.63, 3.8) is 0 Å². The molecule has 140 valence electrons. The average Bonchev–Trinajstić information content (AvgIpc) is 2.54. The van der Waals surface area contributed by atoms with Crippen molar-refractivity contribution < 1.29 is 31.2 Å². The van der Waals surface area contributed by atoms with Crippen molar-refractivity contribution in [1.29, 1.82) is 0 Å². The maximum atomic E-state index is 12.6. The molecular weight excluding hydrogens is 367 g/mol. The molecule has 0 atom stereocenters. The first kappa shape index (κ1) is 19.4. The highest BCUT2D eigenvalue weighted by atomic mass is 32.2. The van der Waals surface area contributed by atoms with Gasteiger partial charge in [0.25, 0.3) is 15.5 Å². The van der Waals surface area contributed by atoms with Gasteiger partial charge in [-0.25, -0.2) is 8.42 Å². The minimum Gasteiger partial charge on any atom is -0.379 e. The minimum absolute atomic E-state index is 0.0422. The maximum Gasteiger partial charge on any atom is 0.501 e. The summed E-state index contributed by atoms with van der Waals surface area (Å²) in [6.45, 7) is 3.47. The maximum absolute atomic E-state index is 12.6. The standard InChI is InChI=1S/C13H16F3N3O5S/c14-13(15,16)25(22,23)10-1-2-11(12(9-10)19(20)21)17-3-4-18-5-7-24-8-6-18/h1-2,9,17H,3-8H2. The number of morpholine rings is 1. The number of sulfone groups is 1. The van der Waals surface area contributed by atoms with E-state index in [1.165, 1.54) is 0 Å². The summed E-state index contributed by atoms with van der Waals surface area (Å²) in [6.07, 6.45) is 0. The number of anilines is 1. The van der Waals surface area contributed by atoms with E-state index in [2.05, 4.69) is 10.2 Å². The van der Waals surface area contributed by atoms with Gasteiger partial charge in [0.15, 0.2) is 0 Å². The van der Waals surface area contributed by atoms with Crippen LogP contribution in [0.3, 0.4) is 0 Å². The molecular formula is C13H16F3N3O5S. The topological polar surface area (TPSA) is 102 Å². The first-order valence-corrected chi connectivity index (χ1v) is 8.75. The van der Waals surface area contributed by atoms with E-state index >= 15 is 0 Å². The lowest BCUT2D eigenvalue weighted by Gasteiger charge is -2.26. The number of nitrogens with zero attached hydrogens (tertiary/aromatic N) is 2. The fourth-order valence-corrected chi connectivity index (χ4v) is 3.07. The fourth-order valence-electron chi connectivity index (χ4n) is 2.29. The van der Waals surface area contributed by atoms with Crippen LogP contribution in [0.2, 0.25) is 0 Å². The van der Waals surface area contributed by atoms with Crippen LogP contribution in [0.4, 0.5) is 24.5 Å². The molecule has 0 spiro atoms. The van der Waals surface area contributed by atoms with E-state index in [0.717, 1.165) is 6.07 Å². The summed E-state index contributed by atoms with van der Waals surface area (Å²) in [5.74, 6) is 0. The van der Waals surface area contributed by atoms with Crippen LogP contribution in [0.1, 0.15) is 0 Å². The number of benzene rings is 1. The molecule has 1 aliphatic rings. The van der Waals surface area contributed by atoms with E-state index in [1.54, 1.807) is 0 Å². The van der Waals surface area contributed by atoms with Gasteiger partial charge in [-0.3, -0.25) is 15.0 Å². The molecule has 1 aromatic rings. The number of hydrogen-bond donors (Lipinski definition) is 1. The molecule has 0 aromatic heterocycles. The SMILES string of the molecule is O=[N+]([O-])c1cc(S(=O)(=O)C(F)(F)F)ccc1NCCN1CCOCC1. The Morgan fingerprint density at radius 3 is 2.48 bits per heavy atom. The zero-order valence-corrected chi connectivity index (χ0v) is 13.8. The van der Waals surface area contributed by atoms with Crippen LogP contribution in [0.25, 0.3) is 0 Å². The minimum atomic E-state index is -5.64. The third-order valence-electron chi connectivity index (χ3n) is 3.63. The highest BCUT2D eigenvalue weighted by Gasteiger charge is 2.47. The Balaban J connectivity index is 2.15. The zero-order chi connectivity index (χ0) is 18.7. The Morgan fingerprint density at radius 2 is 1.92 bits per heavy atom. The summed E-state index contributed by atoms with van der Waals surface area (Å²) in [7, 11) is -5.64. The van der Waals surface area contributed by atoms with E-state index in [1.807, 2.05) is 0 Å². The van der Waals surface area contributed by atoms with Crippen LogP contribution < -0.4 is 5.32 Å². The van der Waals surface area contributed by atoms with Crippen molar-refractivity contribution >= 4 is 21.2 Å². The number of nitro groups is 1. The summed E-state index contributed by atoms with van der Waals surface area (Å²) in [6, 6.07) is 2.09. The highest BCUT2D eigenvalue weighted by Crippen LogP contribution is 2.34. The monoisotopic (exact) mass is 383 g/mol. The quantitative estimate of drug-likeness (QED) is 0.588. The van der Waals surface area contributed by atoms with Crippen LogP contribution in [-0.2, 0) is 14.6 Å². The molecule has 0 amide bonds. The predicted octanol–water partition coefficient (Wildman–Crippen LogP) is 1.63. The van der Waals surface area contributed by atoms with Gasteiger partial charge in [-0.05, 0) is 12.1 Å². The van der Waals surface area contributed by atoms with E-state index in [9.17, 15) is 31.7 Å². The lowest BCUT2D eigenvalue weighted by Crippen LogP contribution is -2.39. The van der Waals surface area contributed by atoms with Gasteiger partial charge in [-0.1, -0.05) is 0 Å². The molecule has 0 saturated carbocycles. The second-order valence-corrected chi connectivity index (χ2v) is 7.21. The van der Waals surface area contributed by atoms with Gasteiger partial charge in [-0.15, -0.1) is 0 Å². The molecule has 0 unspecified atom stereocenters. The summed E-state index contributed by atoms with van der Waals surface area (Å²) >= 11 is 0. The molecule has 25 heavy (non-hydrogen) atoms. The Kier molecular flexibility index (Phi) is 5.85. The van der Waals surface area contributed by atoms with Gasteiger partial charge in [-0.2, -0.15) is 13.2 Å². The molecule has 8 nitrogen and oxygen atoms in total. The Morgan fingerprint density at radius 1 is 1.28 bits per heavy atom. The number of halogens is 3. The Bertz CT molecular complexity index is 733. The molecule has 1 heterocycles. The van der Waals surface area contributed by atoms with Crippen molar-refractivity contribution in [3.8, 4) is 0 Å². The number of rotatable bonds is 6. The molecule has 2 rings (SSSR count). The van der Waals surface area contributed by atoms with Crippen LogP contribution >= 0.6 is 0 Å². The number of nitro benzene ring substituents is 1. The molecule has 1 fully saturated rings. The van der Waals surface area contributed by atoms with E-state index in [0.29, 0.717) is 51.5 Å². The molecule has 12 heteroatoms. The van der Waals surface area contributed by atoms with E-state index in [4.69, 9.17) is 4.74 Å². The van der Waals surface area contributed by atoms with Crippen LogP contribution in [0, 0.1) is 10.1 Å². The van der Waals surface area contributed by atoms with Gasteiger partial charge < -0.3 is 10.1 Å². The number of alkyl halides is 3. The Labute approximate surface area is 141 Å². The summed E-state index contributed by atoms with van der Waals surface area (Å²) in [5.41, 5.74) is -6.29. The normalized spacial score (nSPS) is 16.6. The fraction of sp³-hybridized carbons (Fsp3) is 0.538. The van der Waals surface area contributed by atoms with Gasteiger partial charge in [0.2, 0.25) is 0 Å². The third-order valence-corrected chi connectivity index (χ3v) is 5.11. The lowest BCUT2D eigenvalue weighted by molar-refractivity contribution is -0.384. The molecule has 1 aromatic carbocycles. The lowest BCUT2D eigenvalue weighted by atomic mass is 10.2. The molecule has 1 saturated heterocycles. The second-order valence-electron chi connectivity index (χ2n) is 5.27. The Hall–Kier alpha value is -1.92. The second kappa shape index (κ2) is 7.54. The van der Waals surface area contributed by atoms with Crippen molar-refractivity contribution in [2.75, 3.05) is 44.7 Å². The van der Waals surface area contributed by atoms with Gasteiger partial charge in [0, 0.05) is 32.2 Å². The third kappa shape index (κ3) is 4.58. The summed E-state index contributed by atoms with van der Waals surface area (Å²) in [5, 5.41) is 13.8. The summed E-state index contributed by atoms with van der Waals surface area (Å²) in [4.78, 5) is 11.1. The molecule has 0 bridgehead atoms. The average molecular weight is 383 g/mol. The largest absolute Gasteiger partial charge is 0.501 e. The van der Waals surface area contributed by atoms with Crippen LogP contribution in [0.5, 0.6) is 0 Å². The highest BCUT2D eigenvalue weighted by molar-refractivity contribution is 7.92. The first-order chi connectivity index (χ1) is 11.6. The van der Waals surface area contributed by atoms with Gasteiger partial charge in [0.1, 0.15) is 5.69 Å². The molecule has 0 aliphatic carbocycles. The summed E-state index contributed by atoms with van der Waals surface area (Å²) < 4.78 is 65.7. The van der Waals surface area contributed by atoms with Crippen LogP contribution in [-0.4, -0.2) is 63.1 Å². The van der Waals surface area contributed by atoms with Gasteiger partial charge >= 0.3 is 5.51 Å². The molecule has 1 N–H and O–H groups in total. The molecule has 1 aliphatic heterocycles. The van der Waals surface area contributed by atoms with Crippen molar-refractivity contribution in [3.05, 3.63) is 28.3 Å². The number of hydrogen-bond acceptors (Lipinski definition) is 7.